The molecule has 2 nitrogen and oxygen atoms in total. The summed E-state index contributed by atoms with van der Waals surface area (Å²) in [7, 11) is 0. The van der Waals surface area contributed by atoms with Gasteiger partial charge in [0, 0.05) is 13.2 Å². The molecule has 100 valence electrons. The van der Waals surface area contributed by atoms with Crippen LogP contribution in [-0.2, 0) is 6.42 Å². The highest BCUT2D eigenvalue weighted by Crippen LogP contribution is 2.30. The molecule has 0 fully saturated rings. The standard InChI is InChI=1S/C16H25NO/c18-12-5-1-4-11-17-13-15-9-6-8-14-7-2-3-10-16(14)15/h2-3,7,10,15,17-18H,1,4-6,8-9,11-13H2. The van der Waals surface area contributed by atoms with Crippen LogP contribution in [0.25, 0.3) is 0 Å². The van der Waals surface area contributed by atoms with Crippen molar-refractivity contribution >= 4 is 0 Å². The van der Waals surface area contributed by atoms with Crippen molar-refractivity contribution in [3.63, 3.8) is 0 Å². The molecule has 18 heavy (non-hydrogen) atoms. The van der Waals surface area contributed by atoms with E-state index in [4.69, 9.17) is 5.11 Å². The molecule has 2 N–H and O–H groups in total. The molecular weight excluding hydrogens is 222 g/mol. The summed E-state index contributed by atoms with van der Waals surface area (Å²) >= 11 is 0. The maximum atomic E-state index is 8.72. The van der Waals surface area contributed by atoms with Crippen molar-refractivity contribution in [1.82, 2.24) is 5.32 Å². The highest BCUT2D eigenvalue weighted by Gasteiger charge is 2.18. The maximum absolute atomic E-state index is 8.72. The molecule has 1 aromatic rings. The van der Waals surface area contributed by atoms with Crippen molar-refractivity contribution in [2.75, 3.05) is 19.7 Å². The van der Waals surface area contributed by atoms with Crippen LogP contribution in [0, 0.1) is 0 Å². The molecule has 0 spiro atoms. The van der Waals surface area contributed by atoms with Gasteiger partial charge >= 0.3 is 0 Å². The number of benzene rings is 1. The summed E-state index contributed by atoms with van der Waals surface area (Å²) in [5.74, 6) is 0.702. The molecule has 1 unspecified atom stereocenters. The third kappa shape index (κ3) is 3.82. The molecule has 0 heterocycles. The van der Waals surface area contributed by atoms with Crippen molar-refractivity contribution in [2.45, 2.75) is 44.4 Å². The Morgan fingerprint density at radius 3 is 2.94 bits per heavy atom. The second kappa shape index (κ2) is 7.55. The van der Waals surface area contributed by atoms with Crippen LogP contribution in [0.3, 0.4) is 0 Å². The molecule has 1 aliphatic carbocycles. The van der Waals surface area contributed by atoms with Crippen molar-refractivity contribution in [3.05, 3.63) is 35.4 Å². The lowest BCUT2D eigenvalue weighted by Gasteiger charge is -2.25. The normalized spacial score (nSPS) is 18.6. The van der Waals surface area contributed by atoms with E-state index in [9.17, 15) is 0 Å². The van der Waals surface area contributed by atoms with Gasteiger partial charge in [-0.2, -0.15) is 0 Å². The minimum atomic E-state index is 0.329. The number of rotatable bonds is 7. The number of aliphatic hydroxyl groups excluding tert-OH is 1. The number of aliphatic hydroxyl groups is 1. The first kappa shape index (κ1) is 13.6. The molecule has 1 aromatic carbocycles. The Bertz CT molecular complexity index is 351. The van der Waals surface area contributed by atoms with Crippen molar-refractivity contribution < 1.29 is 5.11 Å². The number of hydrogen-bond donors (Lipinski definition) is 2. The van der Waals surface area contributed by atoms with Gasteiger partial charge in [-0.25, -0.2) is 0 Å². The summed E-state index contributed by atoms with van der Waals surface area (Å²) < 4.78 is 0. The molecule has 2 heteroatoms. The molecule has 0 amide bonds. The lowest BCUT2D eigenvalue weighted by molar-refractivity contribution is 0.282. The Morgan fingerprint density at radius 1 is 1.17 bits per heavy atom. The Balaban J connectivity index is 1.74. The van der Waals surface area contributed by atoms with Gasteiger partial charge in [0.1, 0.15) is 0 Å². The predicted molar refractivity (Wildman–Crippen MR) is 75.9 cm³/mol. The Labute approximate surface area is 110 Å². The van der Waals surface area contributed by atoms with E-state index >= 15 is 0 Å². The van der Waals surface area contributed by atoms with Crippen molar-refractivity contribution in [2.24, 2.45) is 0 Å². The van der Waals surface area contributed by atoms with Crippen LogP contribution in [0.2, 0.25) is 0 Å². The van der Waals surface area contributed by atoms with Crippen molar-refractivity contribution in [3.8, 4) is 0 Å². The highest BCUT2D eigenvalue weighted by atomic mass is 16.2. The van der Waals surface area contributed by atoms with Gasteiger partial charge in [-0.3, -0.25) is 0 Å². The Hall–Kier alpha value is -0.860. The summed E-state index contributed by atoms with van der Waals surface area (Å²) in [4.78, 5) is 0. The van der Waals surface area contributed by atoms with Crippen LogP contribution in [0.5, 0.6) is 0 Å². The number of fused-ring (bicyclic) bond motifs is 1. The molecule has 0 saturated carbocycles. The zero-order chi connectivity index (χ0) is 12.6. The zero-order valence-corrected chi connectivity index (χ0v) is 11.2. The fourth-order valence-corrected chi connectivity index (χ4v) is 2.88. The van der Waals surface area contributed by atoms with Gasteiger partial charge in [-0.05, 0) is 62.1 Å². The van der Waals surface area contributed by atoms with E-state index < -0.39 is 0 Å². The summed E-state index contributed by atoms with van der Waals surface area (Å²) in [6.07, 6.45) is 7.14. The number of hydrogen-bond acceptors (Lipinski definition) is 2. The first-order valence-electron chi connectivity index (χ1n) is 7.31. The second-order valence-corrected chi connectivity index (χ2v) is 5.28. The van der Waals surface area contributed by atoms with E-state index in [-0.39, 0.29) is 0 Å². The molecule has 1 aliphatic rings. The molecule has 0 saturated heterocycles. The second-order valence-electron chi connectivity index (χ2n) is 5.28. The molecule has 0 aliphatic heterocycles. The fraction of sp³-hybridized carbons (Fsp3) is 0.625. The Morgan fingerprint density at radius 2 is 2.06 bits per heavy atom. The molecule has 0 aromatic heterocycles. The number of aryl methyl sites for hydroxylation is 1. The van der Waals surface area contributed by atoms with Gasteiger partial charge in [0.15, 0.2) is 0 Å². The van der Waals surface area contributed by atoms with Crippen LogP contribution in [0.4, 0.5) is 0 Å². The molecule has 0 bridgehead atoms. The van der Waals surface area contributed by atoms with Gasteiger partial charge in [0.25, 0.3) is 0 Å². The van der Waals surface area contributed by atoms with Crippen LogP contribution in [-0.4, -0.2) is 24.8 Å². The maximum Gasteiger partial charge on any atom is 0.0431 e. The molecule has 2 rings (SSSR count). The minimum absolute atomic E-state index is 0.329. The van der Waals surface area contributed by atoms with E-state index in [1.807, 2.05) is 0 Å². The predicted octanol–water partition coefficient (Wildman–Crippen LogP) is 2.86. The van der Waals surface area contributed by atoms with Gasteiger partial charge in [0.2, 0.25) is 0 Å². The average molecular weight is 247 g/mol. The molecule has 0 radical (unpaired) electrons. The average Bonchev–Trinajstić information content (AvgIpc) is 2.43. The first-order valence-corrected chi connectivity index (χ1v) is 7.31. The van der Waals surface area contributed by atoms with Gasteiger partial charge in [-0.1, -0.05) is 24.3 Å². The first-order chi connectivity index (χ1) is 8.92. The molecular formula is C16H25NO. The lowest BCUT2D eigenvalue weighted by atomic mass is 9.83. The van der Waals surface area contributed by atoms with Crippen LogP contribution < -0.4 is 5.32 Å². The summed E-state index contributed by atoms with van der Waals surface area (Å²) in [5.41, 5.74) is 3.11. The SMILES string of the molecule is OCCCCCNCC1CCCc2ccccc21. The van der Waals surface area contributed by atoms with E-state index in [1.165, 1.54) is 25.7 Å². The topological polar surface area (TPSA) is 32.3 Å². The van der Waals surface area contributed by atoms with Crippen molar-refractivity contribution in [1.29, 1.82) is 0 Å². The van der Waals surface area contributed by atoms with E-state index in [2.05, 4.69) is 29.6 Å². The van der Waals surface area contributed by atoms with E-state index in [0.29, 0.717) is 12.5 Å². The minimum Gasteiger partial charge on any atom is -0.396 e. The fourth-order valence-electron chi connectivity index (χ4n) is 2.88. The van der Waals surface area contributed by atoms with Gasteiger partial charge in [0.05, 0.1) is 0 Å². The van der Waals surface area contributed by atoms with E-state index in [1.54, 1.807) is 11.1 Å². The number of unbranched alkanes of at least 4 members (excludes halogenated alkanes) is 2. The highest BCUT2D eigenvalue weighted by molar-refractivity contribution is 5.32. The zero-order valence-electron chi connectivity index (χ0n) is 11.2. The Kier molecular flexibility index (Phi) is 5.69. The smallest absolute Gasteiger partial charge is 0.0431 e. The lowest BCUT2D eigenvalue weighted by Crippen LogP contribution is -2.25. The third-order valence-electron chi connectivity index (χ3n) is 3.90. The van der Waals surface area contributed by atoms with Crippen LogP contribution >= 0.6 is 0 Å². The molecule has 1 atom stereocenters. The van der Waals surface area contributed by atoms with E-state index in [0.717, 1.165) is 25.9 Å². The summed E-state index contributed by atoms with van der Waals surface area (Å²) in [5, 5.41) is 12.3. The third-order valence-corrected chi connectivity index (χ3v) is 3.90. The van der Waals surface area contributed by atoms with Crippen LogP contribution in [0.15, 0.2) is 24.3 Å². The summed E-state index contributed by atoms with van der Waals surface area (Å²) in [6.45, 7) is 2.52. The van der Waals surface area contributed by atoms with Gasteiger partial charge < -0.3 is 10.4 Å². The number of nitrogens with one attached hydrogen (secondary N) is 1. The quantitative estimate of drug-likeness (QED) is 0.726. The van der Waals surface area contributed by atoms with Gasteiger partial charge in [-0.15, -0.1) is 0 Å². The summed E-state index contributed by atoms with van der Waals surface area (Å²) in [6, 6.07) is 8.90. The van der Waals surface area contributed by atoms with Crippen LogP contribution in [0.1, 0.15) is 49.1 Å². The largest absolute Gasteiger partial charge is 0.396 e. The monoisotopic (exact) mass is 247 g/mol.